The molecule has 7 heteroatoms. The molecule has 0 aliphatic carbocycles. The van der Waals surface area contributed by atoms with Crippen molar-refractivity contribution in [1.29, 1.82) is 0 Å². The van der Waals surface area contributed by atoms with Gasteiger partial charge in [0, 0.05) is 17.4 Å². The van der Waals surface area contributed by atoms with Crippen LogP contribution in [0.4, 0.5) is 0 Å². The Morgan fingerprint density at radius 3 is 2.71 bits per heavy atom. The molecule has 0 rings (SSSR count). The zero-order valence-electron chi connectivity index (χ0n) is 8.01. The summed E-state index contributed by atoms with van der Waals surface area (Å²) >= 11 is 3.17. The summed E-state index contributed by atoms with van der Waals surface area (Å²) in [5.74, 6) is -0.233. The van der Waals surface area contributed by atoms with E-state index in [-0.39, 0.29) is 12.6 Å². The summed E-state index contributed by atoms with van der Waals surface area (Å²) in [7, 11) is 1.47. The maximum absolute atomic E-state index is 11.1. The normalized spacial score (nSPS) is 14.2. The van der Waals surface area contributed by atoms with E-state index in [9.17, 15) is 4.79 Å². The molecule has 0 aromatic heterocycles. The van der Waals surface area contributed by atoms with Crippen molar-refractivity contribution >= 4 is 21.7 Å². The number of hydrogen-bond donors (Lipinski definition) is 0. The summed E-state index contributed by atoms with van der Waals surface area (Å²) in [5, 5.41) is 3.77. The number of azide groups is 1. The Balaban J connectivity index is 4.41. The van der Waals surface area contributed by atoms with Crippen molar-refractivity contribution in [2.75, 3.05) is 19.2 Å². The number of carbonyl (C=O) groups is 1. The molecular formula is C7H12BrN3O3. The second kappa shape index (κ2) is 7.75. The molecule has 6 nitrogen and oxygen atoms in total. The van der Waals surface area contributed by atoms with E-state index >= 15 is 0 Å². The van der Waals surface area contributed by atoms with Crippen molar-refractivity contribution in [2.24, 2.45) is 5.11 Å². The minimum absolute atomic E-state index is 0.0565. The van der Waals surface area contributed by atoms with Gasteiger partial charge in [-0.3, -0.25) is 4.79 Å². The number of ether oxygens (including phenoxy) is 2. The molecule has 14 heavy (non-hydrogen) atoms. The lowest BCUT2D eigenvalue weighted by Crippen LogP contribution is -2.34. The molecule has 0 saturated heterocycles. The highest BCUT2D eigenvalue weighted by atomic mass is 79.9. The Morgan fingerprint density at radius 1 is 1.71 bits per heavy atom. The van der Waals surface area contributed by atoms with Crippen LogP contribution in [0.2, 0.25) is 0 Å². The number of methoxy groups -OCH3 is 1. The molecule has 0 spiro atoms. The van der Waals surface area contributed by atoms with E-state index in [1.807, 2.05) is 0 Å². The summed E-state index contributed by atoms with van der Waals surface area (Å²) < 4.78 is 9.85. The van der Waals surface area contributed by atoms with Gasteiger partial charge in [-0.1, -0.05) is 21.0 Å². The van der Waals surface area contributed by atoms with Crippen molar-refractivity contribution in [2.45, 2.75) is 19.1 Å². The predicted octanol–water partition coefficient (Wildman–Crippen LogP) is 1.64. The van der Waals surface area contributed by atoms with Crippen LogP contribution in [-0.2, 0) is 14.3 Å². The van der Waals surface area contributed by atoms with Gasteiger partial charge in [-0.2, -0.15) is 0 Å². The number of hydrogen-bond acceptors (Lipinski definition) is 4. The van der Waals surface area contributed by atoms with Gasteiger partial charge in [-0.05, 0) is 12.5 Å². The molecule has 80 valence electrons. The number of ketones is 1. The molecule has 0 heterocycles. The number of alkyl halides is 1. The number of carbonyl (C=O) groups excluding carboxylic acids is 1. The van der Waals surface area contributed by atoms with Gasteiger partial charge in [0.05, 0.1) is 6.10 Å². The van der Waals surface area contributed by atoms with Crippen molar-refractivity contribution in [3.8, 4) is 0 Å². The standard InChI is InChI=1S/C7H12BrN3O3/c1-5(12)7(10-11-9)6(3-8)14-4-13-2/h6-7H,3-4H2,1-2H3/t6-,7-/m0/s1. The summed E-state index contributed by atoms with van der Waals surface area (Å²) in [6, 6.07) is -0.811. The first-order valence-corrected chi connectivity index (χ1v) is 5.00. The highest BCUT2D eigenvalue weighted by Crippen LogP contribution is 2.09. The van der Waals surface area contributed by atoms with Gasteiger partial charge in [-0.25, -0.2) is 0 Å². The van der Waals surface area contributed by atoms with Crippen molar-refractivity contribution in [3.63, 3.8) is 0 Å². The van der Waals surface area contributed by atoms with E-state index in [0.717, 1.165) is 0 Å². The first-order valence-electron chi connectivity index (χ1n) is 3.88. The van der Waals surface area contributed by atoms with Gasteiger partial charge >= 0.3 is 0 Å². The first kappa shape index (κ1) is 13.4. The fourth-order valence-corrected chi connectivity index (χ4v) is 1.39. The number of nitrogens with zero attached hydrogens (tertiary/aromatic N) is 3. The van der Waals surface area contributed by atoms with Crippen LogP contribution in [0.25, 0.3) is 10.4 Å². The average Bonchev–Trinajstić information content (AvgIpc) is 2.17. The zero-order chi connectivity index (χ0) is 11.0. The lowest BCUT2D eigenvalue weighted by molar-refractivity contribution is -0.124. The molecule has 0 saturated carbocycles. The number of Topliss-reactive ketones (excluding diaryl/α,β-unsaturated/α-hetero) is 1. The van der Waals surface area contributed by atoms with Gasteiger partial charge < -0.3 is 9.47 Å². The zero-order valence-corrected chi connectivity index (χ0v) is 9.60. The van der Waals surface area contributed by atoms with E-state index in [2.05, 4.69) is 26.0 Å². The van der Waals surface area contributed by atoms with E-state index in [1.165, 1.54) is 14.0 Å². The van der Waals surface area contributed by atoms with Crippen LogP contribution in [0.15, 0.2) is 5.11 Å². The minimum Gasteiger partial charge on any atom is -0.359 e. The molecule has 0 bridgehead atoms. The van der Waals surface area contributed by atoms with Crippen LogP contribution in [-0.4, -0.2) is 37.2 Å². The molecule has 0 amide bonds. The van der Waals surface area contributed by atoms with Crippen LogP contribution >= 0.6 is 15.9 Å². The molecule has 0 radical (unpaired) electrons. The van der Waals surface area contributed by atoms with Crippen LogP contribution in [0.5, 0.6) is 0 Å². The fraction of sp³-hybridized carbons (Fsp3) is 0.857. The maximum atomic E-state index is 11.1. The van der Waals surface area contributed by atoms with Gasteiger partial charge in [0.15, 0.2) is 0 Å². The van der Waals surface area contributed by atoms with Crippen LogP contribution in [0.1, 0.15) is 6.92 Å². The third kappa shape index (κ3) is 4.57. The maximum Gasteiger partial charge on any atom is 0.146 e. The van der Waals surface area contributed by atoms with Crippen molar-refractivity contribution in [3.05, 3.63) is 10.4 Å². The molecule has 0 aromatic rings. The lowest BCUT2D eigenvalue weighted by atomic mass is 10.1. The Labute approximate surface area is 90.3 Å². The van der Waals surface area contributed by atoms with E-state index in [1.54, 1.807) is 0 Å². The second-order valence-electron chi connectivity index (χ2n) is 2.53. The molecule has 0 aromatic carbocycles. The molecule has 0 unspecified atom stereocenters. The average molecular weight is 266 g/mol. The SMILES string of the molecule is COCO[C@@H](CBr)[C@@H](N=[N+]=[N-])C(C)=O. The van der Waals surface area contributed by atoms with E-state index < -0.39 is 12.1 Å². The summed E-state index contributed by atoms with van der Waals surface area (Å²) in [6.07, 6.45) is -0.497. The van der Waals surface area contributed by atoms with Gasteiger partial charge in [0.1, 0.15) is 18.6 Å². The molecular weight excluding hydrogens is 254 g/mol. The Morgan fingerprint density at radius 2 is 2.36 bits per heavy atom. The highest BCUT2D eigenvalue weighted by Gasteiger charge is 2.24. The van der Waals surface area contributed by atoms with Gasteiger partial charge in [0.2, 0.25) is 0 Å². The summed E-state index contributed by atoms with van der Waals surface area (Å²) in [4.78, 5) is 13.7. The van der Waals surface area contributed by atoms with Crippen LogP contribution in [0.3, 0.4) is 0 Å². The van der Waals surface area contributed by atoms with E-state index in [0.29, 0.717) is 5.33 Å². The Bertz CT molecular complexity index is 228. The third-order valence-corrected chi connectivity index (χ3v) is 2.13. The molecule has 0 aliphatic heterocycles. The molecule has 0 aliphatic rings. The van der Waals surface area contributed by atoms with Gasteiger partial charge in [-0.15, -0.1) is 0 Å². The number of halogens is 1. The summed E-state index contributed by atoms with van der Waals surface area (Å²) in [5.41, 5.74) is 8.26. The lowest BCUT2D eigenvalue weighted by Gasteiger charge is -2.19. The van der Waals surface area contributed by atoms with Crippen LogP contribution < -0.4 is 0 Å². The quantitative estimate of drug-likeness (QED) is 0.231. The third-order valence-electron chi connectivity index (χ3n) is 1.50. The smallest absolute Gasteiger partial charge is 0.146 e. The van der Waals surface area contributed by atoms with Crippen molar-refractivity contribution in [1.82, 2.24) is 0 Å². The Hall–Kier alpha value is -0.620. The second-order valence-corrected chi connectivity index (χ2v) is 3.17. The largest absolute Gasteiger partial charge is 0.359 e. The molecule has 0 fully saturated rings. The highest BCUT2D eigenvalue weighted by molar-refractivity contribution is 9.09. The van der Waals surface area contributed by atoms with E-state index in [4.69, 9.17) is 15.0 Å². The molecule has 2 atom stereocenters. The van der Waals surface area contributed by atoms with Crippen LogP contribution in [0, 0.1) is 0 Å². The summed E-state index contributed by atoms with van der Waals surface area (Å²) in [6.45, 7) is 1.41. The topological polar surface area (TPSA) is 84.3 Å². The number of rotatable bonds is 7. The minimum atomic E-state index is -0.811. The molecule has 0 N–H and O–H groups in total. The van der Waals surface area contributed by atoms with Crippen molar-refractivity contribution < 1.29 is 14.3 Å². The predicted molar refractivity (Wildman–Crippen MR) is 54.2 cm³/mol. The monoisotopic (exact) mass is 265 g/mol. The van der Waals surface area contributed by atoms with Gasteiger partial charge in [0.25, 0.3) is 0 Å². The Kier molecular flexibility index (Phi) is 7.41. The first-order chi connectivity index (χ1) is 6.67. The fourth-order valence-electron chi connectivity index (χ4n) is 0.849.